The lowest BCUT2D eigenvalue weighted by atomic mass is 10.2. The molecule has 1 amide bonds. The first kappa shape index (κ1) is 17.4. The van der Waals surface area contributed by atoms with Crippen molar-refractivity contribution in [2.24, 2.45) is 0 Å². The van der Waals surface area contributed by atoms with E-state index < -0.39 is 5.91 Å². The largest absolute Gasteiger partial charge is 0.394 e. The topological polar surface area (TPSA) is 80.0 Å². The molecule has 0 aliphatic rings. The van der Waals surface area contributed by atoms with Crippen molar-refractivity contribution in [2.45, 2.75) is 19.0 Å². The second kappa shape index (κ2) is 8.64. The third-order valence-electron chi connectivity index (χ3n) is 3.29. The van der Waals surface area contributed by atoms with E-state index in [0.717, 1.165) is 5.75 Å². The van der Waals surface area contributed by atoms with Gasteiger partial charge in [0.15, 0.2) is 5.69 Å². The molecular weight excluding hydrogens is 319 g/mol. The number of halogens is 1. The lowest BCUT2D eigenvalue weighted by Crippen LogP contribution is -2.38. The van der Waals surface area contributed by atoms with E-state index in [2.05, 4.69) is 15.6 Å². The van der Waals surface area contributed by atoms with Crippen molar-refractivity contribution in [2.75, 3.05) is 18.6 Å². The molecule has 1 aromatic carbocycles. The Labute approximate surface area is 138 Å². The van der Waals surface area contributed by atoms with E-state index >= 15 is 0 Å². The molecule has 2 aromatic rings. The van der Waals surface area contributed by atoms with Gasteiger partial charge in [0, 0.05) is 5.56 Å². The number of aliphatic hydroxyl groups is 1. The molecule has 0 bridgehead atoms. The van der Waals surface area contributed by atoms with Crippen molar-refractivity contribution in [3.05, 3.63) is 47.5 Å². The summed E-state index contributed by atoms with van der Waals surface area (Å²) in [6.07, 6.45) is 4.10. The number of carbonyl (C=O) groups is 1. The number of aliphatic hydroxyl groups excluding tert-OH is 1. The fourth-order valence-corrected chi connectivity index (χ4v) is 2.53. The molecule has 1 heterocycles. The number of carbonyl (C=O) groups excluding carboxylic acids is 1. The summed E-state index contributed by atoms with van der Waals surface area (Å²) >= 11 is 1.64. The quantitative estimate of drug-likeness (QED) is 0.759. The fraction of sp³-hybridized carbons (Fsp3) is 0.400. The van der Waals surface area contributed by atoms with Gasteiger partial charge in [0.25, 0.3) is 5.91 Å². The van der Waals surface area contributed by atoms with E-state index in [1.807, 2.05) is 6.26 Å². The minimum Gasteiger partial charge on any atom is -0.394 e. The van der Waals surface area contributed by atoms with Crippen LogP contribution >= 0.6 is 11.8 Å². The summed E-state index contributed by atoms with van der Waals surface area (Å²) in [7, 11) is 0. The van der Waals surface area contributed by atoms with Gasteiger partial charge in [-0.2, -0.15) is 11.8 Å². The second-order valence-corrected chi connectivity index (χ2v) is 6.01. The molecular formula is C15H19FN4O2S. The summed E-state index contributed by atoms with van der Waals surface area (Å²) in [6.45, 7) is 0.0680. The van der Waals surface area contributed by atoms with Crippen LogP contribution in [-0.4, -0.2) is 50.7 Å². The van der Waals surface area contributed by atoms with Gasteiger partial charge >= 0.3 is 0 Å². The number of nitrogens with zero attached hydrogens (tertiary/aromatic N) is 3. The highest BCUT2D eigenvalue weighted by molar-refractivity contribution is 7.98. The molecule has 0 spiro atoms. The molecule has 0 fully saturated rings. The van der Waals surface area contributed by atoms with Gasteiger partial charge in [0.05, 0.1) is 25.4 Å². The van der Waals surface area contributed by atoms with Crippen molar-refractivity contribution in [1.82, 2.24) is 20.3 Å². The SMILES string of the molecule is CSCC[C@@H](CO)NC(=O)c1cn(Cc2ccccc2F)nn1. The number of aromatic nitrogens is 3. The van der Waals surface area contributed by atoms with Gasteiger partial charge in [-0.3, -0.25) is 4.79 Å². The third kappa shape index (κ3) is 5.04. The molecule has 23 heavy (non-hydrogen) atoms. The molecule has 124 valence electrons. The van der Waals surface area contributed by atoms with E-state index in [-0.39, 0.29) is 30.7 Å². The Balaban J connectivity index is 1.98. The number of rotatable bonds is 8. The smallest absolute Gasteiger partial charge is 0.273 e. The lowest BCUT2D eigenvalue weighted by Gasteiger charge is -2.14. The zero-order valence-corrected chi connectivity index (χ0v) is 13.6. The molecule has 2 rings (SSSR count). The van der Waals surface area contributed by atoms with E-state index in [1.165, 1.54) is 16.9 Å². The Morgan fingerprint density at radius 3 is 2.96 bits per heavy atom. The number of thioether (sulfide) groups is 1. The number of hydrogen-bond donors (Lipinski definition) is 2. The Hall–Kier alpha value is -1.93. The van der Waals surface area contributed by atoms with Gasteiger partial charge in [-0.05, 0) is 24.5 Å². The minimum absolute atomic E-state index is 0.129. The summed E-state index contributed by atoms with van der Waals surface area (Å²) < 4.78 is 15.0. The number of benzene rings is 1. The van der Waals surface area contributed by atoms with Crippen LogP contribution in [0.3, 0.4) is 0 Å². The van der Waals surface area contributed by atoms with Crippen molar-refractivity contribution < 1.29 is 14.3 Å². The summed E-state index contributed by atoms with van der Waals surface area (Å²) in [4.78, 5) is 12.1. The van der Waals surface area contributed by atoms with Crippen LogP contribution in [0.15, 0.2) is 30.5 Å². The van der Waals surface area contributed by atoms with Crippen LogP contribution in [0.25, 0.3) is 0 Å². The van der Waals surface area contributed by atoms with Crippen molar-refractivity contribution in [3.63, 3.8) is 0 Å². The maximum absolute atomic E-state index is 13.6. The van der Waals surface area contributed by atoms with Crippen molar-refractivity contribution >= 4 is 17.7 Å². The monoisotopic (exact) mass is 338 g/mol. The van der Waals surface area contributed by atoms with Gasteiger partial charge in [-0.15, -0.1) is 5.10 Å². The molecule has 8 heteroatoms. The highest BCUT2D eigenvalue weighted by atomic mass is 32.2. The van der Waals surface area contributed by atoms with Gasteiger partial charge in [-0.25, -0.2) is 9.07 Å². The van der Waals surface area contributed by atoms with Gasteiger partial charge < -0.3 is 10.4 Å². The highest BCUT2D eigenvalue weighted by Crippen LogP contribution is 2.08. The molecule has 0 saturated heterocycles. The zero-order valence-electron chi connectivity index (χ0n) is 12.8. The Morgan fingerprint density at radius 2 is 2.26 bits per heavy atom. The maximum atomic E-state index is 13.6. The van der Waals surface area contributed by atoms with Crippen molar-refractivity contribution in [1.29, 1.82) is 0 Å². The van der Waals surface area contributed by atoms with E-state index in [4.69, 9.17) is 0 Å². The lowest BCUT2D eigenvalue weighted by molar-refractivity contribution is 0.0910. The molecule has 0 radical (unpaired) electrons. The van der Waals surface area contributed by atoms with Gasteiger partial charge in [0.2, 0.25) is 0 Å². The maximum Gasteiger partial charge on any atom is 0.273 e. The van der Waals surface area contributed by atoms with E-state index in [1.54, 1.807) is 30.0 Å². The first-order valence-electron chi connectivity index (χ1n) is 7.18. The molecule has 0 aliphatic carbocycles. The summed E-state index contributed by atoms with van der Waals surface area (Å²) in [6, 6.07) is 6.06. The first-order chi connectivity index (χ1) is 11.1. The number of nitrogens with one attached hydrogen (secondary N) is 1. The average Bonchev–Trinajstić information content (AvgIpc) is 3.02. The molecule has 0 aliphatic heterocycles. The van der Waals surface area contributed by atoms with Gasteiger partial charge in [-0.1, -0.05) is 23.4 Å². The third-order valence-corrected chi connectivity index (χ3v) is 3.93. The molecule has 0 unspecified atom stereocenters. The van der Waals surface area contributed by atoms with Crippen molar-refractivity contribution in [3.8, 4) is 0 Å². The van der Waals surface area contributed by atoms with Crippen LogP contribution in [0, 0.1) is 5.82 Å². The van der Waals surface area contributed by atoms with Crippen LogP contribution in [-0.2, 0) is 6.54 Å². The van der Waals surface area contributed by atoms with Gasteiger partial charge in [0.1, 0.15) is 5.82 Å². The normalized spacial score (nSPS) is 12.1. The molecule has 1 atom stereocenters. The predicted molar refractivity (Wildman–Crippen MR) is 86.9 cm³/mol. The highest BCUT2D eigenvalue weighted by Gasteiger charge is 2.16. The van der Waals surface area contributed by atoms with E-state index in [0.29, 0.717) is 12.0 Å². The Kier molecular flexibility index (Phi) is 6.54. The number of hydrogen-bond acceptors (Lipinski definition) is 5. The molecule has 1 aromatic heterocycles. The zero-order chi connectivity index (χ0) is 16.7. The summed E-state index contributed by atoms with van der Waals surface area (Å²) in [5, 5.41) is 19.6. The number of amides is 1. The van der Waals surface area contributed by atoms with Crippen LogP contribution in [0.5, 0.6) is 0 Å². The van der Waals surface area contributed by atoms with E-state index in [9.17, 15) is 14.3 Å². The Bertz CT molecular complexity index is 650. The van der Waals surface area contributed by atoms with Crippen LogP contribution in [0.2, 0.25) is 0 Å². The molecule has 6 nitrogen and oxygen atoms in total. The summed E-state index contributed by atoms with van der Waals surface area (Å²) in [5.41, 5.74) is 0.613. The van der Waals surface area contributed by atoms with Crippen LogP contribution in [0.1, 0.15) is 22.5 Å². The standard InChI is InChI=1S/C15H19FN4O2S/c1-23-7-6-12(10-21)17-15(22)14-9-20(19-18-14)8-11-4-2-3-5-13(11)16/h2-5,9,12,21H,6-8,10H2,1H3,(H,17,22)/t12-/m0/s1. The predicted octanol–water partition coefficient (Wildman–Crippen LogP) is 1.31. The van der Waals surface area contributed by atoms with Crippen LogP contribution in [0.4, 0.5) is 4.39 Å². The minimum atomic E-state index is -0.398. The molecule has 2 N–H and O–H groups in total. The first-order valence-corrected chi connectivity index (χ1v) is 8.57. The summed E-state index contributed by atoms with van der Waals surface area (Å²) in [5.74, 6) is 0.113. The molecule has 0 saturated carbocycles. The second-order valence-electron chi connectivity index (χ2n) is 5.03. The van der Waals surface area contributed by atoms with Crippen LogP contribution < -0.4 is 5.32 Å². The fourth-order valence-electron chi connectivity index (χ4n) is 2.01. The average molecular weight is 338 g/mol. The Morgan fingerprint density at radius 1 is 1.48 bits per heavy atom.